The summed E-state index contributed by atoms with van der Waals surface area (Å²) in [5.41, 5.74) is 0.306. The summed E-state index contributed by atoms with van der Waals surface area (Å²) in [7, 11) is 0. The highest BCUT2D eigenvalue weighted by Crippen LogP contribution is 2.22. The molecular weight excluding hydrogens is 403 g/mol. The van der Waals surface area contributed by atoms with Gasteiger partial charge in [-0.2, -0.15) is 0 Å². The van der Waals surface area contributed by atoms with E-state index in [0.29, 0.717) is 12.2 Å². The molecule has 0 unspecified atom stereocenters. The molecule has 1 aromatic rings. The van der Waals surface area contributed by atoms with Crippen molar-refractivity contribution < 1.29 is 14.6 Å². The minimum absolute atomic E-state index is 0.306. The Bertz CT molecular complexity index is 460. The normalized spacial score (nSPS) is 10.7. The van der Waals surface area contributed by atoms with Crippen LogP contribution in [0.25, 0.3) is 0 Å². The van der Waals surface area contributed by atoms with Gasteiger partial charge in [0.25, 0.3) is 0 Å². The molecular formula is C19H29IO3. The molecule has 3 nitrogen and oxygen atoms in total. The Morgan fingerprint density at radius 1 is 1.00 bits per heavy atom. The van der Waals surface area contributed by atoms with Gasteiger partial charge in [-0.15, -0.1) is 0 Å². The van der Waals surface area contributed by atoms with Gasteiger partial charge >= 0.3 is 5.97 Å². The Morgan fingerprint density at radius 3 is 2.09 bits per heavy atom. The third kappa shape index (κ3) is 9.18. The summed E-state index contributed by atoms with van der Waals surface area (Å²) >= 11 is 2.12. The monoisotopic (exact) mass is 432 g/mol. The van der Waals surface area contributed by atoms with E-state index in [0.717, 1.165) is 15.7 Å². The smallest absolute Gasteiger partial charge is 0.335 e. The van der Waals surface area contributed by atoms with Gasteiger partial charge in [-0.3, -0.25) is 0 Å². The second-order valence-corrected chi connectivity index (χ2v) is 7.14. The van der Waals surface area contributed by atoms with Crippen LogP contribution in [-0.4, -0.2) is 17.7 Å². The minimum Gasteiger partial charge on any atom is -0.492 e. The Labute approximate surface area is 154 Å². The average molecular weight is 432 g/mol. The van der Waals surface area contributed by atoms with Crippen LogP contribution in [0.4, 0.5) is 0 Å². The summed E-state index contributed by atoms with van der Waals surface area (Å²) in [6, 6.07) is 5.00. The van der Waals surface area contributed by atoms with E-state index in [-0.39, 0.29) is 0 Å². The number of halogens is 1. The predicted octanol–water partition coefficient (Wildman–Crippen LogP) is 6.29. The lowest BCUT2D eigenvalue weighted by Gasteiger charge is -2.09. The Hall–Kier alpha value is -0.780. The number of rotatable bonds is 13. The molecule has 0 aliphatic rings. The maximum Gasteiger partial charge on any atom is 0.335 e. The van der Waals surface area contributed by atoms with E-state index in [2.05, 4.69) is 29.5 Å². The topological polar surface area (TPSA) is 46.5 Å². The second kappa shape index (κ2) is 12.6. The Morgan fingerprint density at radius 2 is 1.57 bits per heavy atom. The highest BCUT2D eigenvalue weighted by atomic mass is 127. The lowest BCUT2D eigenvalue weighted by atomic mass is 10.1. The van der Waals surface area contributed by atoms with E-state index in [1.165, 1.54) is 57.8 Å². The van der Waals surface area contributed by atoms with Gasteiger partial charge < -0.3 is 9.84 Å². The first-order chi connectivity index (χ1) is 11.1. The van der Waals surface area contributed by atoms with E-state index in [1.54, 1.807) is 18.2 Å². The average Bonchev–Trinajstić information content (AvgIpc) is 2.53. The zero-order valence-corrected chi connectivity index (χ0v) is 16.3. The molecule has 1 N–H and O–H groups in total. The van der Waals surface area contributed by atoms with Crippen LogP contribution in [-0.2, 0) is 0 Å². The predicted molar refractivity (Wildman–Crippen MR) is 103 cm³/mol. The fraction of sp³-hybridized carbons (Fsp3) is 0.632. The molecule has 0 spiro atoms. The van der Waals surface area contributed by atoms with Crippen LogP contribution in [0.5, 0.6) is 5.75 Å². The fourth-order valence-corrected chi connectivity index (χ4v) is 3.19. The van der Waals surface area contributed by atoms with Crippen molar-refractivity contribution in [2.24, 2.45) is 0 Å². The first-order valence-electron chi connectivity index (χ1n) is 8.80. The van der Waals surface area contributed by atoms with Gasteiger partial charge in [0.05, 0.1) is 15.7 Å². The van der Waals surface area contributed by atoms with Crippen LogP contribution in [0.15, 0.2) is 18.2 Å². The lowest BCUT2D eigenvalue weighted by Crippen LogP contribution is -2.01. The number of carboxylic acid groups (broad SMARTS) is 1. The van der Waals surface area contributed by atoms with Gasteiger partial charge in [-0.05, 0) is 47.2 Å². The third-order valence-corrected chi connectivity index (χ3v) is 4.78. The number of carboxylic acids is 1. The van der Waals surface area contributed by atoms with Crippen molar-refractivity contribution in [2.45, 2.75) is 71.1 Å². The van der Waals surface area contributed by atoms with Crippen LogP contribution in [0, 0.1) is 3.57 Å². The molecule has 0 saturated carbocycles. The van der Waals surface area contributed by atoms with Crippen LogP contribution >= 0.6 is 22.6 Å². The highest BCUT2D eigenvalue weighted by Gasteiger charge is 2.07. The molecule has 0 aromatic heterocycles. The molecule has 0 atom stereocenters. The Balaban J connectivity index is 2.04. The molecule has 0 amide bonds. The van der Waals surface area contributed by atoms with E-state index < -0.39 is 5.97 Å². The zero-order valence-electron chi connectivity index (χ0n) is 14.2. The van der Waals surface area contributed by atoms with Crippen molar-refractivity contribution in [3.8, 4) is 5.75 Å². The van der Waals surface area contributed by atoms with E-state index in [4.69, 9.17) is 9.84 Å². The number of aromatic carboxylic acids is 1. The summed E-state index contributed by atoms with van der Waals surface area (Å²) < 4.78 is 6.60. The zero-order chi connectivity index (χ0) is 16.9. The standard InChI is InChI=1S/C19H29IO3/c1-2-3-4-5-6-7-8-9-10-11-14-23-18-13-12-16(19(21)22)15-17(18)20/h12-13,15H,2-11,14H2,1H3,(H,21,22). The van der Waals surface area contributed by atoms with Crippen LogP contribution in [0.3, 0.4) is 0 Å². The fourth-order valence-electron chi connectivity index (χ4n) is 2.52. The molecule has 1 rings (SSSR count). The third-order valence-electron chi connectivity index (χ3n) is 3.93. The van der Waals surface area contributed by atoms with Crippen LogP contribution in [0.1, 0.15) is 81.5 Å². The van der Waals surface area contributed by atoms with Crippen LogP contribution in [0.2, 0.25) is 0 Å². The summed E-state index contributed by atoms with van der Waals surface area (Å²) in [5, 5.41) is 8.93. The first-order valence-corrected chi connectivity index (χ1v) is 9.88. The van der Waals surface area contributed by atoms with Crippen LogP contribution < -0.4 is 4.74 Å². The van der Waals surface area contributed by atoms with Crippen molar-refractivity contribution in [2.75, 3.05) is 6.61 Å². The maximum atomic E-state index is 10.9. The summed E-state index contributed by atoms with van der Waals surface area (Å²) in [5.74, 6) is -0.115. The number of hydrogen-bond acceptors (Lipinski definition) is 2. The first kappa shape index (κ1) is 20.3. The highest BCUT2D eigenvalue weighted by molar-refractivity contribution is 14.1. The quantitative estimate of drug-likeness (QED) is 0.294. The summed E-state index contributed by atoms with van der Waals surface area (Å²) in [6.07, 6.45) is 13.1. The van der Waals surface area contributed by atoms with E-state index >= 15 is 0 Å². The summed E-state index contributed by atoms with van der Waals surface area (Å²) in [4.78, 5) is 10.9. The number of benzene rings is 1. The Kier molecular flexibility index (Phi) is 11.1. The van der Waals surface area contributed by atoms with Crippen molar-refractivity contribution in [3.05, 3.63) is 27.3 Å². The van der Waals surface area contributed by atoms with Crippen molar-refractivity contribution in [1.29, 1.82) is 0 Å². The van der Waals surface area contributed by atoms with Crippen molar-refractivity contribution in [1.82, 2.24) is 0 Å². The van der Waals surface area contributed by atoms with Gasteiger partial charge in [0.1, 0.15) is 5.75 Å². The molecule has 0 aliphatic carbocycles. The maximum absolute atomic E-state index is 10.9. The summed E-state index contributed by atoms with van der Waals surface area (Å²) in [6.45, 7) is 2.96. The molecule has 0 bridgehead atoms. The molecule has 130 valence electrons. The van der Waals surface area contributed by atoms with Gasteiger partial charge in [0.15, 0.2) is 0 Å². The number of ether oxygens (including phenoxy) is 1. The lowest BCUT2D eigenvalue weighted by molar-refractivity contribution is 0.0696. The largest absolute Gasteiger partial charge is 0.492 e. The van der Waals surface area contributed by atoms with Gasteiger partial charge in [-0.25, -0.2) is 4.79 Å². The molecule has 0 aliphatic heterocycles. The molecule has 0 fully saturated rings. The van der Waals surface area contributed by atoms with Gasteiger partial charge in [0.2, 0.25) is 0 Å². The van der Waals surface area contributed by atoms with E-state index in [1.807, 2.05) is 0 Å². The van der Waals surface area contributed by atoms with Gasteiger partial charge in [0, 0.05) is 0 Å². The number of hydrogen-bond donors (Lipinski definition) is 1. The van der Waals surface area contributed by atoms with Crippen molar-refractivity contribution in [3.63, 3.8) is 0 Å². The molecule has 0 radical (unpaired) electrons. The molecule has 0 heterocycles. The van der Waals surface area contributed by atoms with Gasteiger partial charge in [-0.1, -0.05) is 64.7 Å². The SMILES string of the molecule is CCCCCCCCCCCCOc1ccc(C(=O)O)cc1I. The minimum atomic E-state index is -0.899. The second-order valence-electron chi connectivity index (χ2n) is 5.98. The molecule has 0 saturated heterocycles. The number of carbonyl (C=O) groups is 1. The van der Waals surface area contributed by atoms with Crippen molar-refractivity contribution >= 4 is 28.6 Å². The van der Waals surface area contributed by atoms with E-state index in [9.17, 15) is 4.79 Å². The molecule has 1 aromatic carbocycles. The molecule has 23 heavy (non-hydrogen) atoms. The molecule has 4 heteroatoms. The number of unbranched alkanes of at least 4 members (excludes halogenated alkanes) is 9.